The maximum atomic E-state index is 11.5. The summed E-state index contributed by atoms with van der Waals surface area (Å²) in [7, 11) is 0. The number of urea groups is 1. The molecule has 0 aliphatic heterocycles. The lowest BCUT2D eigenvalue weighted by molar-refractivity contribution is 0.237. The monoisotopic (exact) mass is 254 g/mol. The highest BCUT2D eigenvalue weighted by Gasteiger charge is 2.08. The number of nitrogens with one attached hydrogen (secondary N) is 2. The number of hydrogen-bond acceptors (Lipinski definition) is 2. The van der Waals surface area contributed by atoms with E-state index in [9.17, 15) is 4.79 Å². The summed E-state index contributed by atoms with van der Waals surface area (Å²) in [5.74, 6) is 0. The number of thiophene rings is 1. The molecule has 0 aromatic carbocycles. The van der Waals surface area contributed by atoms with Crippen LogP contribution >= 0.6 is 11.3 Å². The van der Waals surface area contributed by atoms with E-state index in [1.54, 1.807) is 11.3 Å². The highest BCUT2D eigenvalue weighted by atomic mass is 32.1. The van der Waals surface area contributed by atoms with E-state index < -0.39 is 0 Å². The standard InChI is InChI=1S/C13H22N2OS/c1-4-5-8-14-13(16)15-10(2)9-12-7-6-11(3)17-12/h6-7,10H,4-5,8-9H2,1-3H3,(H2,14,15,16). The van der Waals surface area contributed by atoms with Crippen molar-refractivity contribution < 1.29 is 4.79 Å². The van der Waals surface area contributed by atoms with Gasteiger partial charge in [-0.25, -0.2) is 4.79 Å². The van der Waals surface area contributed by atoms with Crippen LogP contribution in [0.25, 0.3) is 0 Å². The van der Waals surface area contributed by atoms with Crippen LogP contribution in [0.15, 0.2) is 12.1 Å². The topological polar surface area (TPSA) is 41.1 Å². The Morgan fingerprint density at radius 3 is 2.82 bits per heavy atom. The van der Waals surface area contributed by atoms with Crippen LogP contribution in [0, 0.1) is 6.92 Å². The van der Waals surface area contributed by atoms with Crippen molar-refractivity contribution in [2.45, 2.75) is 46.1 Å². The van der Waals surface area contributed by atoms with Crippen LogP contribution in [-0.2, 0) is 6.42 Å². The molecular weight excluding hydrogens is 232 g/mol. The third-order valence-electron chi connectivity index (χ3n) is 2.50. The lowest BCUT2D eigenvalue weighted by Gasteiger charge is -2.13. The molecule has 4 heteroatoms. The van der Waals surface area contributed by atoms with Crippen molar-refractivity contribution in [1.82, 2.24) is 10.6 Å². The number of aryl methyl sites for hydroxylation is 1. The van der Waals surface area contributed by atoms with E-state index in [-0.39, 0.29) is 12.1 Å². The molecule has 3 nitrogen and oxygen atoms in total. The van der Waals surface area contributed by atoms with Crippen molar-refractivity contribution in [1.29, 1.82) is 0 Å². The molecule has 0 fully saturated rings. The van der Waals surface area contributed by atoms with Crippen molar-refractivity contribution in [2.75, 3.05) is 6.54 Å². The zero-order valence-corrected chi connectivity index (χ0v) is 11.7. The normalized spacial score (nSPS) is 12.2. The van der Waals surface area contributed by atoms with Gasteiger partial charge in [-0.05, 0) is 32.4 Å². The van der Waals surface area contributed by atoms with Crippen LogP contribution in [0.1, 0.15) is 36.4 Å². The molecule has 1 aromatic heterocycles. The molecule has 1 aromatic rings. The van der Waals surface area contributed by atoms with Gasteiger partial charge < -0.3 is 10.6 Å². The first-order valence-electron chi connectivity index (χ1n) is 6.21. The molecule has 2 amide bonds. The molecule has 2 N–H and O–H groups in total. The van der Waals surface area contributed by atoms with Crippen LogP contribution in [0.5, 0.6) is 0 Å². The molecule has 1 unspecified atom stereocenters. The molecule has 0 aliphatic carbocycles. The Balaban J connectivity index is 2.24. The lowest BCUT2D eigenvalue weighted by atomic mass is 10.2. The zero-order chi connectivity index (χ0) is 12.7. The van der Waals surface area contributed by atoms with Crippen LogP contribution in [0.2, 0.25) is 0 Å². The summed E-state index contributed by atoms with van der Waals surface area (Å²) in [5, 5.41) is 5.81. The fraction of sp³-hybridized carbons (Fsp3) is 0.615. The van der Waals surface area contributed by atoms with Crippen molar-refractivity contribution >= 4 is 17.4 Å². The average molecular weight is 254 g/mol. The molecule has 0 saturated heterocycles. The van der Waals surface area contributed by atoms with E-state index in [4.69, 9.17) is 0 Å². The number of amides is 2. The van der Waals surface area contributed by atoms with E-state index in [1.165, 1.54) is 9.75 Å². The Morgan fingerprint density at radius 2 is 2.24 bits per heavy atom. The number of rotatable bonds is 6. The minimum Gasteiger partial charge on any atom is -0.338 e. The fourth-order valence-electron chi connectivity index (χ4n) is 1.60. The highest BCUT2D eigenvalue weighted by molar-refractivity contribution is 7.11. The van der Waals surface area contributed by atoms with Gasteiger partial charge in [-0.1, -0.05) is 13.3 Å². The predicted octanol–water partition coefficient (Wildman–Crippen LogP) is 3.09. The molecule has 0 radical (unpaired) electrons. The Morgan fingerprint density at radius 1 is 1.47 bits per heavy atom. The van der Waals surface area contributed by atoms with Crippen LogP contribution in [-0.4, -0.2) is 18.6 Å². The van der Waals surface area contributed by atoms with Crippen molar-refractivity contribution in [3.8, 4) is 0 Å². The van der Waals surface area contributed by atoms with Gasteiger partial charge in [-0.15, -0.1) is 11.3 Å². The maximum absolute atomic E-state index is 11.5. The van der Waals surface area contributed by atoms with Gasteiger partial charge >= 0.3 is 6.03 Å². The van der Waals surface area contributed by atoms with Crippen molar-refractivity contribution in [2.24, 2.45) is 0 Å². The summed E-state index contributed by atoms with van der Waals surface area (Å²) >= 11 is 1.79. The van der Waals surface area contributed by atoms with E-state index in [0.29, 0.717) is 0 Å². The van der Waals surface area contributed by atoms with Crippen molar-refractivity contribution in [3.63, 3.8) is 0 Å². The Kier molecular flexibility index (Phi) is 6.05. The van der Waals surface area contributed by atoms with E-state index in [0.717, 1.165) is 25.8 Å². The average Bonchev–Trinajstić information content (AvgIpc) is 2.64. The van der Waals surface area contributed by atoms with Gasteiger partial charge in [0.05, 0.1) is 0 Å². The minimum atomic E-state index is -0.0563. The van der Waals surface area contributed by atoms with Crippen LogP contribution < -0.4 is 10.6 Å². The smallest absolute Gasteiger partial charge is 0.315 e. The SMILES string of the molecule is CCCCNC(=O)NC(C)Cc1ccc(C)s1. The largest absolute Gasteiger partial charge is 0.338 e. The third kappa shape index (κ3) is 5.73. The maximum Gasteiger partial charge on any atom is 0.315 e. The van der Waals surface area contributed by atoms with Gasteiger partial charge in [-0.3, -0.25) is 0 Å². The second-order valence-electron chi connectivity index (χ2n) is 4.37. The molecule has 0 bridgehead atoms. The van der Waals surface area contributed by atoms with Crippen molar-refractivity contribution in [3.05, 3.63) is 21.9 Å². The summed E-state index contributed by atoms with van der Waals surface area (Å²) in [5.41, 5.74) is 0. The summed E-state index contributed by atoms with van der Waals surface area (Å²) < 4.78 is 0. The summed E-state index contributed by atoms with van der Waals surface area (Å²) in [4.78, 5) is 14.1. The van der Waals surface area contributed by atoms with Gasteiger partial charge in [0.15, 0.2) is 0 Å². The molecule has 0 spiro atoms. The number of hydrogen-bond donors (Lipinski definition) is 2. The number of carbonyl (C=O) groups excluding carboxylic acids is 1. The third-order valence-corrected chi connectivity index (χ3v) is 3.52. The molecule has 1 rings (SSSR count). The zero-order valence-electron chi connectivity index (χ0n) is 10.9. The first kappa shape index (κ1) is 14.0. The van der Waals surface area contributed by atoms with Gasteiger partial charge in [0, 0.05) is 28.8 Å². The minimum absolute atomic E-state index is 0.0563. The predicted molar refractivity (Wildman–Crippen MR) is 73.7 cm³/mol. The first-order chi connectivity index (χ1) is 8.11. The molecule has 1 heterocycles. The molecule has 0 aliphatic rings. The summed E-state index contributed by atoms with van der Waals surface area (Å²) in [6.07, 6.45) is 3.04. The Hall–Kier alpha value is -1.03. The first-order valence-corrected chi connectivity index (χ1v) is 7.03. The molecular formula is C13H22N2OS. The quantitative estimate of drug-likeness (QED) is 0.753. The number of carbonyl (C=O) groups is 1. The van der Waals surface area contributed by atoms with Gasteiger partial charge in [-0.2, -0.15) is 0 Å². The Labute approximate surface area is 108 Å². The lowest BCUT2D eigenvalue weighted by Crippen LogP contribution is -2.41. The summed E-state index contributed by atoms with van der Waals surface area (Å²) in [6, 6.07) is 4.37. The van der Waals surface area contributed by atoms with Gasteiger partial charge in [0.2, 0.25) is 0 Å². The Bertz CT molecular complexity index is 349. The fourth-order valence-corrected chi connectivity index (χ4v) is 2.62. The molecule has 1 atom stereocenters. The second kappa shape index (κ2) is 7.33. The molecule has 0 saturated carbocycles. The van der Waals surface area contributed by atoms with Gasteiger partial charge in [0.25, 0.3) is 0 Å². The number of unbranched alkanes of at least 4 members (excludes halogenated alkanes) is 1. The van der Waals surface area contributed by atoms with Crippen LogP contribution in [0.3, 0.4) is 0 Å². The van der Waals surface area contributed by atoms with E-state index >= 15 is 0 Å². The molecule has 96 valence electrons. The van der Waals surface area contributed by atoms with Crippen LogP contribution in [0.4, 0.5) is 4.79 Å². The summed E-state index contributed by atoms with van der Waals surface area (Å²) in [6.45, 7) is 7.01. The molecule has 17 heavy (non-hydrogen) atoms. The highest BCUT2D eigenvalue weighted by Crippen LogP contribution is 2.16. The van der Waals surface area contributed by atoms with Gasteiger partial charge in [0.1, 0.15) is 0 Å². The second-order valence-corrected chi connectivity index (χ2v) is 5.74. The van der Waals surface area contributed by atoms with E-state index in [1.807, 2.05) is 6.92 Å². The van der Waals surface area contributed by atoms with E-state index in [2.05, 4.69) is 36.6 Å².